The van der Waals surface area contributed by atoms with Crippen LogP contribution >= 0.6 is 0 Å². The second-order valence-corrected chi connectivity index (χ2v) is 3.97. The van der Waals surface area contributed by atoms with Gasteiger partial charge in [-0.2, -0.15) is 0 Å². The van der Waals surface area contributed by atoms with Crippen LogP contribution in [0.25, 0.3) is 0 Å². The molecule has 1 rings (SSSR count). The molecule has 4 nitrogen and oxygen atoms in total. The highest BCUT2D eigenvalue weighted by Gasteiger charge is 2.13. The standard InChI is InChI=1S/C14H20O4/c1-4-17-14(15)11(2)8-9-18-13-7-5-6-12(10-13)16-3/h5-7,10-11H,4,8-9H2,1-3H3. The largest absolute Gasteiger partial charge is 0.497 e. The van der Waals surface area contributed by atoms with E-state index in [1.165, 1.54) is 0 Å². The maximum atomic E-state index is 11.4. The van der Waals surface area contributed by atoms with Gasteiger partial charge >= 0.3 is 5.97 Å². The Morgan fingerprint density at radius 2 is 2.06 bits per heavy atom. The van der Waals surface area contributed by atoms with Crippen molar-refractivity contribution in [2.24, 2.45) is 5.92 Å². The summed E-state index contributed by atoms with van der Waals surface area (Å²) >= 11 is 0. The Labute approximate surface area is 108 Å². The van der Waals surface area contributed by atoms with Gasteiger partial charge in [-0.3, -0.25) is 4.79 Å². The molecule has 0 aliphatic heterocycles. The summed E-state index contributed by atoms with van der Waals surface area (Å²) in [4.78, 5) is 11.4. The zero-order chi connectivity index (χ0) is 13.4. The number of ether oxygens (including phenoxy) is 3. The van der Waals surface area contributed by atoms with Crippen LogP contribution in [0.4, 0.5) is 0 Å². The van der Waals surface area contributed by atoms with Gasteiger partial charge in [-0.1, -0.05) is 13.0 Å². The third-order valence-electron chi connectivity index (χ3n) is 2.55. The molecule has 0 aliphatic rings. The lowest BCUT2D eigenvalue weighted by Gasteiger charge is -2.11. The highest BCUT2D eigenvalue weighted by atomic mass is 16.5. The molecule has 4 heteroatoms. The summed E-state index contributed by atoms with van der Waals surface area (Å²) in [6, 6.07) is 7.39. The van der Waals surface area contributed by atoms with Crippen LogP contribution in [0.2, 0.25) is 0 Å². The van der Waals surface area contributed by atoms with Crippen molar-refractivity contribution in [3.63, 3.8) is 0 Å². The molecule has 0 radical (unpaired) electrons. The second-order valence-electron chi connectivity index (χ2n) is 3.97. The average Bonchev–Trinajstić information content (AvgIpc) is 2.39. The van der Waals surface area contributed by atoms with Crippen molar-refractivity contribution < 1.29 is 19.0 Å². The van der Waals surface area contributed by atoms with Crippen LogP contribution in [0.5, 0.6) is 11.5 Å². The van der Waals surface area contributed by atoms with Crippen LogP contribution in [0.15, 0.2) is 24.3 Å². The number of methoxy groups -OCH3 is 1. The number of carbonyl (C=O) groups is 1. The topological polar surface area (TPSA) is 44.8 Å². The predicted octanol–water partition coefficient (Wildman–Crippen LogP) is 2.66. The Bertz CT molecular complexity index is 376. The first-order valence-corrected chi connectivity index (χ1v) is 6.10. The van der Waals surface area contributed by atoms with E-state index in [-0.39, 0.29) is 11.9 Å². The average molecular weight is 252 g/mol. The van der Waals surface area contributed by atoms with Gasteiger partial charge in [0.25, 0.3) is 0 Å². The molecule has 1 unspecified atom stereocenters. The minimum atomic E-state index is -0.174. The quantitative estimate of drug-likeness (QED) is 0.700. The van der Waals surface area contributed by atoms with Crippen molar-refractivity contribution in [3.05, 3.63) is 24.3 Å². The zero-order valence-corrected chi connectivity index (χ0v) is 11.1. The molecular formula is C14H20O4. The van der Waals surface area contributed by atoms with Crippen LogP contribution in [-0.2, 0) is 9.53 Å². The summed E-state index contributed by atoms with van der Waals surface area (Å²) in [5.74, 6) is 1.18. The molecule has 100 valence electrons. The maximum Gasteiger partial charge on any atom is 0.308 e. The molecule has 0 aliphatic carbocycles. The Hall–Kier alpha value is -1.71. The van der Waals surface area contributed by atoms with Gasteiger partial charge in [0.15, 0.2) is 0 Å². The molecule has 18 heavy (non-hydrogen) atoms. The van der Waals surface area contributed by atoms with Crippen LogP contribution in [0.1, 0.15) is 20.3 Å². The normalized spacial score (nSPS) is 11.7. The van der Waals surface area contributed by atoms with E-state index in [2.05, 4.69) is 0 Å². The van der Waals surface area contributed by atoms with Crippen LogP contribution in [-0.4, -0.2) is 26.3 Å². The minimum Gasteiger partial charge on any atom is -0.497 e. The second kappa shape index (κ2) is 7.58. The molecule has 0 spiro atoms. The van der Waals surface area contributed by atoms with Crippen molar-refractivity contribution >= 4 is 5.97 Å². The molecule has 1 atom stereocenters. The molecule has 0 saturated carbocycles. The Kier molecular flexibility index (Phi) is 6.05. The summed E-state index contributed by atoms with van der Waals surface area (Å²) in [6.45, 7) is 4.54. The maximum absolute atomic E-state index is 11.4. The minimum absolute atomic E-state index is 0.143. The van der Waals surface area contributed by atoms with Gasteiger partial charge in [-0.25, -0.2) is 0 Å². The molecule has 0 aromatic heterocycles. The third kappa shape index (κ3) is 4.65. The molecular weight excluding hydrogens is 232 g/mol. The lowest BCUT2D eigenvalue weighted by atomic mass is 10.1. The van der Waals surface area contributed by atoms with E-state index in [1.54, 1.807) is 14.0 Å². The van der Waals surface area contributed by atoms with Gasteiger partial charge in [-0.05, 0) is 25.5 Å². The number of hydrogen-bond acceptors (Lipinski definition) is 4. The van der Waals surface area contributed by atoms with E-state index < -0.39 is 0 Å². The summed E-state index contributed by atoms with van der Waals surface area (Å²) in [5, 5.41) is 0. The van der Waals surface area contributed by atoms with E-state index in [0.717, 1.165) is 11.5 Å². The lowest BCUT2D eigenvalue weighted by Crippen LogP contribution is -2.17. The summed E-state index contributed by atoms with van der Waals surface area (Å²) in [6.07, 6.45) is 0.635. The molecule has 0 saturated heterocycles. The molecule has 0 N–H and O–H groups in total. The first-order chi connectivity index (χ1) is 8.67. The number of carbonyl (C=O) groups excluding carboxylic acids is 1. The Balaban J connectivity index is 2.34. The fraction of sp³-hybridized carbons (Fsp3) is 0.500. The monoisotopic (exact) mass is 252 g/mol. The highest BCUT2D eigenvalue weighted by Crippen LogP contribution is 2.19. The fourth-order valence-corrected chi connectivity index (χ4v) is 1.45. The predicted molar refractivity (Wildman–Crippen MR) is 68.9 cm³/mol. The van der Waals surface area contributed by atoms with Gasteiger partial charge in [0, 0.05) is 6.07 Å². The number of hydrogen-bond donors (Lipinski definition) is 0. The molecule has 0 fully saturated rings. The molecule has 0 bridgehead atoms. The van der Waals surface area contributed by atoms with Gasteiger partial charge in [0.05, 0.1) is 26.2 Å². The summed E-state index contributed by atoms with van der Waals surface area (Å²) in [5.41, 5.74) is 0. The van der Waals surface area contributed by atoms with E-state index in [9.17, 15) is 4.79 Å². The van der Waals surface area contributed by atoms with E-state index in [0.29, 0.717) is 19.6 Å². The van der Waals surface area contributed by atoms with Crippen molar-refractivity contribution in [1.29, 1.82) is 0 Å². The molecule has 1 aromatic carbocycles. The van der Waals surface area contributed by atoms with E-state index in [4.69, 9.17) is 14.2 Å². The number of benzene rings is 1. The molecule has 1 aromatic rings. The first-order valence-electron chi connectivity index (χ1n) is 6.10. The van der Waals surface area contributed by atoms with Crippen molar-refractivity contribution in [2.45, 2.75) is 20.3 Å². The lowest BCUT2D eigenvalue weighted by molar-refractivity contribution is -0.147. The summed E-state index contributed by atoms with van der Waals surface area (Å²) < 4.78 is 15.6. The molecule has 0 amide bonds. The Morgan fingerprint density at radius 3 is 2.72 bits per heavy atom. The van der Waals surface area contributed by atoms with Crippen LogP contribution in [0, 0.1) is 5.92 Å². The van der Waals surface area contributed by atoms with Crippen molar-refractivity contribution in [3.8, 4) is 11.5 Å². The smallest absolute Gasteiger partial charge is 0.308 e. The van der Waals surface area contributed by atoms with E-state index >= 15 is 0 Å². The number of rotatable bonds is 7. The SMILES string of the molecule is CCOC(=O)C(C)CCOc1cccc(OC)c1. The van der Waals surface area contributed by atoms with Crippen molar-refractivity contribution in [1.82, 2.24) is 0 Å². The first kappa shape index (κ1) is 14.4. The zero-order valence-electron chi connectivity index (χ0n) is 11.1. The van der Waals surface area contributed by atoms with E-state index in [1.807, 2.05) is 31.2 Å². The van der Waals surface area contributed by atoms with Crippen LogP contribution < -0.4 is 9.47 Å². The van der Waals surface area contributed by atoms with Gasteiger partial charge < -0.3 is 14.2 Å². The van der Waals surface area contributed by atoms with Crippen molar-refractivity contribution in [2.75, 3.05) is 20.3 Å². The Morgan fingerprint density at radius 1 is 1.33 bits per heavy atom. The third-order valence-corrected chi connectivity index (χ3v) is 2.55. The number of esters is 1. The fourth-order valence-electron chi connectivity index (χ4n) is 1.45. The summed E-state index contributed by atoms with van der Waals surface area (Å²) in [7, 11) is 1.61. The highest BCUT2D eigenvalue weighted by molar-refractivity contribution is 5.71. The van der Waals surface area contributed by atoms with Gasteiger partial charge in [0.1, 0.15) is 11.5 Å². The van der Waals surface area contributed by atoms with Gasteiger partial charge in [-0.15, -0.1) is 0 Å². The molecule has 0 heterocycles. The van der Waals surface area contributed by atoms with Crippen LogP contribution in [0.3, 0.4) is 0 Å². The van der Waals surface area contributed by atoms with Gasteiger partial charge in [0.2, 0.25) is 0 Å².